The van der Waals surface area contributed by atoms with Crippen LogP contribution in [0.4, 0.5) is 4.79 Å². The summed E-state index contributed by atoms with van der Waals surface area (Å²) >= 11 is 0. The first-order chi connectivity index (χ1) is 11.5. The van der Waals surface area contributed by atoms with Crippen molar-refractivity contribution in [3.8, 4) is 0 Å². The van der Waals surface area contributed by atoms with E-state index in [1.54, 1.807) is 11.8 Å². The van der Waals surface area contributed by atoms with Crippen molar-refractivity contribution >= 4 is 6.03 Å². The number of rotatable bonds is 7. The van der Waals surface area contributed by atoms with Gasteiger partial charge in [-0.3, -0.25) is 4.90 Å². The molecule has 1 saturated heterocycles. The van der Waals surface area contributed by atoms with E-state index in [0.29, 0.717) is 37.4 Å². The van der Waals surface area contributed by atoms with Crippen molar-refractivity contribution in [3.05, 3.63) is 11.7 Å². The molecule has 1 aliphatic heterocycles. The number of likely N-dealkylation sites (N-methyl/N-ethyl adjacent to an activating group) is 1. The highest BCUT2D eigenvalue weighted by Gasteiger charge is 2.20. The maximum atomic E-state index is 12.3. The average Bonchev–Trinajstić information content (AvgIpc) is 2.98. The number of amides is 2. The summed E-state index contributed by atoms with van der Waals surface area (Å²) in [5, 5.41) is 6.75. The van der Waals surface area contributed by atoms with Gasteiger partial charge in [-0.15, -0.1) is 0 Å². The lowest BCUT2D eigenvalue weighted by Gasteiger charge is -2.36. The van der Waals surface area contributed by atoms with Crippen molar-refractivity contribution in [2.75, 3.05) is 46.3 Å². The van der Waals surface area contributed by atoms with Gasteiger partial charge in [-0.1, -0.05) is 5.16 Å². The molecule has 1 aromatic heterocycles. The summed E-state index contributed by atoms with van der Waals surface area (Å²) in [6.45, 7) is 12.0. The zero-order valence-corrected chi connectivity index (χ0v) is 15.3. The zero-order chi connectivity index (χ0) is 17.5. The van der Waals surface area contributed by atoms with Gasteiger partial charge in [-0.2, -0.15) is 4.98 Å². The highest BCUT2D eigenvalue weighted by molar-refractivity contribution is 5.73. The lowest BCUT2D eigenvalue weighted by Crippen LogP contribution is -2.49. The van der Waals surface area contributed by atoms with E-state index in [9.17, 15) is 4.79 Å². The second kappa shape index (κ2) is 8.98. The van der Waals surface area contributed by atoms with E-state index in [2.05, 4.69) is 39.2 Å². The first-order valence-electron chi connectivity index (χ1n) is 8.74. The van der Waals surface area contributed by atoms with Crippen LogP contribution in [0, 0.1) is 6.92 Å². The summed E-state index contributed by atoms with van der Waals surface area (Å²) in [5.41, 5.74) is 0. The minimum absolute atomic E-state index is 0.0843. The van der Waals surface area contributed by atoms with E-state index in [-0.39, 0.29) is 6.03 Å². The van der Waals surface area contributed by atoms with Crippen LogP contribution in [0.5, 0.6) is 0 Å². The lowest BCUT2D eigenvalue weighted by molar-refractivity contribution is 0.114. The number of carbonyl (C=O) groups excluding carboxylic acids is 1. The summed E-state index contributed by atoms with van der Waals surface area (Å²) in [6.07, 6.45) is 0.951. The number of hydrogen-bond donors (Lipinski definition) is 1. The van der Waals surface area contributed by atoms with Gasteiger partial charge in [0.25, 0.3) is 0 Å². The Morgan fingerprint density at radius 1 is 1.38 bits per heavy atom. The molecule has 2 rings (SSSR count). The third-order valence-electron chi connectivity index (χ3n) is 4.56. The molecule has 2 amide bonds. The molecule has 1 aromatic rings. The summed E-state index contributed by atoms with van der Waals surface area (Å²) < 4.78 is 5.08. The quantitative estimate of drug-likeness (QED) is 0.797. The SMILES string of the molecule is CCN(Cc1nc(C)no1)C(=O)NCCC(C)N1CCN(C)CC1. The Bertz CT molecular complexity index is 512. The molecule has 1 N–H and O–H groups in total. The van der Waals surface area contributed by atoms with Crippen LogP contribution >= 0.6 is 0 Å². The van der Waals surface area contributed by atoms with E-state index >= 15 is 0 Å². The Hall–Kier alpha value is -1.67. The van der Waals surface area contributed by atoms with E-state index in [4.69, 9.17) is 4.52 Å². The van der Waals surface area contributed by atoms with Crippen LogP contribution in [-0.4, -0.2) is 83.2 Å². The molecule has 1 atom stereocenters. The molecule has 2 heterocycles. The van der Waals surface area contributed by atoms with Crippen LogP contribution in [0.25, 0.3) is 0 Å². The van der Waals surface area contributed by atoms with Crippen molar-refractivity contribution in [1.29, 1.82) is 0 Å². The highest BCUT2D eigenvalue weighted by atomic mass is 16.5. The second-order valence-electron chi connectivity index (χ2n) is 6.46. The first kappa shape index (κ1) is 18.7. The van der Waals surface area contributed by atoms with Gasteiger partial charge < -0.3 is 19.6 Å². The standard InChI is InChI=1S/C16H30N6O2/c1-5-21(12-15-18-14(3)19-24-15)16(23)17-7-6-13(2)22-10-8-20(4)9-11-22/h13H,5-12H2,1-4H3,(H,17,23). The molecule has 8 nitrogen and oxygen atoms in total. The third kappa shape index (κ3) is 5.45. The van der Waals surface area contributed by atoms with E-state index in [1.165, 1.54) is 0 Å². The molecule has 0 saturated carbocycles. The van der Waals surface area contributed by atoms with E-state index in [1.807, 2.05) is 6.92 Å². The third-order valence-corrected chi connectivity index (χ3v) is 4.56. The maximum absolute atomic E-state index is 12.3. The number of carbonyl (C=O) groups is 1. The average molecular weight is 338 g/mol. The molecule has 1 unspecified atom stereocenters. The van der Waals surface area contributed by atoms with Gasteiger partial charge in [0.05, 0.1) is 0 Å². The number of urea groups is 1. The van der Waals surface area contributed by atoms with Crippen LogP contribution in [0.1, 0.15) is 32.0 Å². The number of nitrogens with one attached hydrogen (secondary N) is 1. The van der Waals surface area contributed by atoms with Crippen molar-refractivity contribution < 1.29 is 9.32 Å². The molecular formula is C16H30N6O2. The topological polar surface area (TPSA) is 77.7 Å². The first-order valence-corrected chi connectivity index (χ1v) is 8.74. The van der Waals surface area contributed by atoms with Crippen molar-refractivity contribution in [3.63, 3.8) is 0 Å². The van der Waals surface area contributed by atoms with Gasteiger partial charge in [0.15, 0.2) is 5.82 Å². The highest BCUT2D eigenvalue weighted by Crippen LogP contribution is 2.08. The molecule has 0 aliphatic carbocycles. The van der Waals surface area contributed by atoms with Crippen molar-refractivity contribution in [1.82, 2.24) is 30.2 Å². The number of aryl methyl sites for hydroxylation is 1. The summed E-state index contributed by atoms with van der Waals surface area (Å²) in [4.78, 5) is 23.0. The number of hydrogen-bond acceptors (Lipinski definition) is 6. The monoisotopic (exact) mass is 338 g/mol. The normalized spacial score (nSPS) is 17.7. The summed E-state index contributed by atoms with van der Waals surface area (Å²) in [6, 6.07) is 0.395. The fourth-order valence-corrected chi connectivity index (χ4v) is 2.84. The molecule has 1 fully saturated rings. The fraction of sp³-hybridized carbons (Fsp3) is 0.812. The fourth-order valence-electron chi connectivity index (χ4n) is 2.84. The lowest BCUT2D eigenvalue weighted by atomic mass is 10.1. The van der Waals surface area contributed by atoms with E-state index in [0.717, 1.165) is 32.6 Å². The molecule has 1 aliphatic rings. The Morgan fingerprint density at radius 2 is 2.08 bits per heavy atom. The predicted molar refractivity (Wildman–Crippen MR) is 91.7 cm³/mol. The Balaban J connectivity index is 1.70. The molecule has 0 aromatic carbocycles. The minimum Gasteiger partial charge on any atom is -0.338 e. The molecule has 24 heavy (non-hydrogen) atoms. The van der Waals surface area contributed by atoms with Crippen molar-refractivity contribution in [2.24, 2.45) is 0 Å². The maximum Gasteiger partial charge on any atom is 0.317 e. The summed E-state index contributed by atoms with van der Waals surface area (Å²) in [7, 11) is 2.16. The summed E-state index contributed by atoms with van der Waals surface area (Å²) in [5.74, 6) is 1.05. The van der Waals surface area contributed by atoms with Gasteiger partial charge in [-0.25, -0.2) is 4.79 Å². The molecule has 0 radical (unpaired) electrons. The van der Waals surface area contributed by atoms with Gasteiger partial charge in [0.2, 0.25) is 5.89 Å². The second-order valence-corrected chi connectivity index (χ2v) is 6.46. The molecular weight excluding hydrogens is 308 g/mol. The molecule has 8 heteroatoms. The van der Waals surface area contributed by atoms with Crippen LogP contribution in [0.15, 0.2) is 4.52 Å². The van der Waals surface area contributed by atoms with Gasteiger partial charge in [0, 0.05) is 45.3 Å². The van der Waals surface area contributed by atoms with Crippen LogP contribution in [-0.2, 0) is 6.54 Å². The Labute approximate surface area is 144 Å². The zero-order valence-electron chi connectivity index (χ0n) is 15.3. The smallest absolute Gasteiger partial charge is 0.317 e. The van der Waals surface area contributed by atoms with Crippen LogP contribution < -0.4 is 5.32 Å². The largest absolute Gasteiger partial charge is 0.338 e. The number of aromatic nitrogens is 2. The number of piperazine rings is 1. The van der Waals surface area contributed by atoms with Gasteiger partial charge in [-0.05, 0) is 34.2 Å². The predicted octanol–water partition coefficient (Wildman–Crippen LogP) is 0.936. The van der Waals surface area contributed by atoms with E-state index < -0.39 is 0 Å². The molecule has 0 spiro atoms. The molecule has 0 bridgehead atoms. The van der Waals surface area contributed by atoms with Gasteiger partial charge >= 0.3 is 6.03 Å². The Kier molecular flexibility index (Phi) is 6.99. The Morgan fingerprint density at radius 3 is 2.67 bits per heavy atom. The number of nitrogens with zero attached hydrogens (tertiary/aromatic N) is 5. The van der Waals surface area contributed by atoms with Crippen LogP contribution in [0.2, 0.25) is 0 Å². The van der Waals surface area contributed by atoms with Crippen molar-refractivity contribution in [2.45, 2.75) is 39.8 Å². The molecule has 136 valence electrons. The minimum atomic E-state index is -0.0843. The van der Waals surface area contributed by atoms with Crippen LogP contribution in [0.3, 0.4) is 0 Å². The van der Waals surface area contributed by atoms with Gasteiger partial charge in [0.1, 0.15) is 6.54 Å².